The predicted octanol–water partition coefficient (Wildman–Crippen LogP) is 3.41. The highest BCUT2D eigenvalue weighted by atomic mass is 35.5. The van der Waals surface area contributed by atoms with Crippen LogP contribution in [0.1, 0.15) is 15.9 Å². The Bertz CT molecular complexity index is 1480. The van der Waals surface area contributed by atoms with E-state index in [9.17, 15) is 23.1 Å². The number of carbonyl (C=O) groups is 2. The molecule has 0 heterocycles. The number of carboxylic acid groups (broad SMARTS) is 1. The Morgan fingerprint density at radius 1 is 0.974 bits per heavy atom. The average Bonchev–Trinajstić information content (AvgIpc) is 2.91. The summed E-state index contributed by atoms with van der Waals surface area (Å²) < 4.78 is 44.1. The molecule has 2 N–H and O–H groups in total. The van der Waals surface area contributed by atoms with Crippen LogP contribution in [0.5, 0.6) is 17.2 Å². The number of rotatable bonds is 11. The molecule has 200 valence electrons. The first kappa shape index (κ1) is 28.3. The van der Waals surface area contributed by atoms with Gasteiger partial charge in [-0.15, -0.1) is 0 Å². The molecular formula is C25H24ClN3O8S. The van der Waals surface area contributed by atoms with Gasteiger partial charge >= 0.3 is 5.97 Å². The van der Waals surface area contributed by atoms with Crippen LogP contribution in [0.25, 0.3) is 0 Å². The van der Waals surface area contributed by atoms with E-state index in [2.05, 4.69) is 10.5 Å². The van der Waals surface area contributed by atoms with Crippen molar-refractivity contribution in [2.75, 3.05) is 32.2 Å². The van der Waals surface area contributed by atoms with Gasteiger partial charge in [-0.25, -0.2) is 18.6 Å². The number of benzene rings is 3. The van der Waals surface area contributed by atoms with Crippen LogP contribution < -0.4 is 23.9 Å². The summed E-state index contributed by atoms with van der Waals surface area (Å²) in [7, 11) is -0.264. The third-order valence-corrected chi connectivity index (χ3v) is 7.21. The molecule has 11 nitrogen and oxygen atoms in total. The third kappa shape index (κ3) is 6.33. The Balaban J connectivity index is 1.99. The van der Waals surface area contributed by atoms with Crippen molar-refractivity contribution in [1.29, 1.82) is 0 Å². The van der Waals surface area contributed by atoms with Crippen molar-refractivity contribution in [1.82, 2.24) is 5.43 Å². The number of ether oxygens (including phenoxy) is 3. The average molecular weight is 562 g/mol. The van der Waals surface area contributed by atoms with E-state index >= 15 is 0 Å². The molecule has 0 aliphatic rings. The summed E-state index contributed by atoms with van der Waals surface area (Å²) in [5.74, 6) is -1.37. The first-order valence-electron chi connectivity index (χ1n) is 10.8. The highest BCUT2D eigenvalue weighted by Crippen LogP contribution is 2.36. The lowest BCUT2D eigenvalue weighted by Crippen LogP contribution is -2.39. The number of hydrogen-bond acceptors (Lipinski definition) is 8. The van der Waals surface area contributed by atoms with Crippen molar-refractivity contribution in [2.45, 2.75) is 4.90 Å². The van der Waals surface area contributed by atoms with Gasteiger partial charge in [-0.3, -0.25) is 9.10 Å². The standard InChI is InChI=1S/C25H24ClN3O8S/c1-35-21-10-8-17(26)12-20(21)29(38(33,34)18-9-11-22(36-2)23(13-18)37-3)15-24(30)28-27-14-16-6-4-5-7-19(16)25(31)32/h4-14H,15H2,1-3H3,(H,28,30)(H,31,32)/b27-14-. The van der Waals surface area contributed by atoms with Crippen molar-refractivity contribution < 1.29 is 37.3 Å². The van der Waals surface area contributed by atoms with Crippen molar-refractivity contribution in [2.24, 2.45) is 5.10 Å². The van der Waals surface area contributed by atoms with E-state index in [0.29, 0.717) is 5.75 Å². The lowest BCUT2D eigenvalue weighted by Gasteiger charge is -2.25. The monoisotopic (exact) mass is 561 g/mol. The minimum absolute atomic E-state index is 0.00476. The summed E-state index contributed by atoms with van der Waals surface area (Å²) >= 11 is 6.14. The number of amides is 1. The highest BCUT2D eigenvalue weighted by Gasteiger charge is 2.30. The first-order valence-corrected chi connectivity index (χ1v) is 12.7. The summed E-state index contributed by atoms with van der Waals surface area (Å²) in [6.07, 6.45) is 1.15. The summed E-state index contributed by atoms with van der Waals surface area (Å²) in [5, 5.41) is 13.3. The molecule has 0 atom stereocenters. The van der Waals surface area contributed by atoms with Gasteiger partial charge in [0, 0.05) is 16.7 Å². The molecule has 0 saturated heterocycles. The third-order valence-electron chi connectivity index (χ3n) is 5.22. The molecule has 0 aliphatic heterocycles. The van der Waals surface area contributed by atoms with Crippen LogP contribution in [0.2, 0.25) is 5.02 Å². The summed E-state index contributed by atoms with van der Waals surface area (Å²) in [5.41, 5.74) is 2.45. The summed E-state index contributed by atoms with van der Waals surface area (Å²) in [4.78, 5) is 24.0. The highest BCUT2D eigenvalue weighted by molar-refractivity contribution is 7.92. The van der Waals surface area contributed by atoms with E-state index < -0.39 is 28.4 Å². The number of sulfonamides is 1. The van der Waals surface area contributed by atoms with Gasteiger partial charge in [0.25, 0.3) is 15.9 Å². The van der Waals surface area contributed by atoms with E-state index in [0.717, 1.165) is 10.5 Å². The van der Waals surface area contributed by atoms with E-state index in [1.54, 1.807) is 12.1 Å². The predicted molar refractivity (Wildman–Crippen MR) is 141 cm³/mol. The molecule has 1 amide bonds. The number of nitrogens with one attached hydrogen (secondary N) is 1. The fraction of sp³-hybridized carbons (Fsp3) is 0.160. The van der Waals surface area contributed by atoms with Gasteiger partial charge < -0.3 is 19.3 Å². The van der Waals surface area contributed by atoms with Gasteiger partial charge in [-0.2, -0.15) is 5.10 Å². The fourth-order valence-corrected chi connectivity index (χ4v) is 5.01. The molecular weight excluding hydrogens is 538 g/mol. The van der Waals surface area contributed by atoms with Gasteiger partial charge in [0.2, 0.25) is 0 Å². The van der Waals surface area contributed by atoms with Crippen molar-refractivity contribution >= 4 is 45.4 Å². The first-order chi connectivity index (χ1) is 18.1. The maximum Gasteiger partial charge on any atom is 0.336 e. The number of halogens is 1. The van der Waals surface area contributed by atoms with E-state index in [1.165, 1.54) is 69.9 Å². The van der Waals surface area contributed by atoms with E-state index in [-0.39, 0.29) is 38.2 Å². The van der Waals surface area contributed by atoms with Crippen LogP contribution in [0.15, 0.2) is 70.7 Å². The zero-order chi connectivity index (χ0) is 27.9. The van der Waals surface area contributed by atoms with Gasteiger partial charge in [0.05, 0.1) is 43.7 Å². The number of nitrogens with zero attached hydrogens (tertiary/aromatic N) is 2. The van der Waals surface area contributed by atoms with Crippen molar-refractivity contribution in [3.8, 4) is 17.2 Å². The lowest BCUT2D eigenvalue weighted by atomic mass is 10.1. The largest absolute Gasteiger partial charge is 0.495 e. The van der Waals surface area contributed by atoms with Gasteiger partial charge in [-0.05, 0) is 36.4 Å². The topological polar surface area (TPSA) is 144 Å². The van der Waals surface area contributed by atoms with Gasteiger partial charge in [0.1, 0.15) is 12.3 Å². The number of hydrazone groups is 1. The Morgan fingerprint density at radius 2 is 1.63 bits per heavy atom. The number of aromatic carboxylic acids is 1. The molecule has 3 rings (SSSR count). The Hall–Kier alpha value is -4.29. The molecule has 0 fully saturated rings. The van der Waals surface area contributed by atoms with E-state index in [4.69, 9.17) is 25.8 Å². The summed E-state index contributed by atoms with van der Waals surface area (Å²) in [6, 6.07) is 14.4. The Morgan fingerprint density at radius 3 is 2.29 bits per heavy atom. The van der Waals surface area contributed by atoms with Crippen LogP contribution >= 0.6 is 11.6 Å². The molecule has 0 aliphatic carbocycles. The normalized spacial score (nSPS) is 11.2. The van der Waals surface area contributed by atoms with Gasteiger partial charge in [0.15, 0.2) is 11.5 Å². The maximum atomic E-state index is 13.8. The second-order valence-electron chi connectivity index (χ2n) is 7.53. The second kappa shape index (κ2) is 12.3. The van der Waals surface area contributed by atoms with Crippen LogP contribution in [-0.2, 0) is 14.8 Å². The quantitative estimate of drug-likeness (QED) is 0.268. The van der Waals surface area contributed by atoms with Crippen LogP contribution in [-0.4, -0.2) is 59.5 Å². The zero-order valence-corrected chi connectivity index (χ0v) is 22.1. The second-order valence-corrected chi connectivity index (χ2v) is 9.83. The number of anilines is 1. The smallest absolute Gasteiger partial charge is 0.336 e. The van der Waals surface area contributed by atoms with E-state index in [1.807, 2.05) is 0 Å². The molecule has 0 unspecified atom stereocenters. The number of hydrogen-bond donors (Lipinski definition) is 2. The number of methoxy groups -OCH3 is 3. The maximum absolute atomic E-state index is 13.8. The molecule has 0 bridgehead atoms. The molecule has 0 saturated carbocycles. The van der Waals surface area contributed by atoms with Crippen molar-refractivity contribution in [3.63, 3.8) is 0 Å². The molecule has 0 spiro atoms. The SMILES string of the molecule is COc1ccc(S(=O)(=O)N(CC(=O)N/N=C\c2ccccc2C(=O)O)c2cc(Cl)ccc2OC)cc1OC. The molecule has 13 heteroatoms. The fourth-order valence-electron chi connectivity index (χ4n) is 3.41. The Kier molecular flexibility index (Phi) is 9.16. The van der Waals surface area contributed by atoms with Gasteiger partial charge in [-0.1, -0.05) is 29.8 Å². The summed E-state index contributed by atoms with van der Waals surface area (Å²) in [6.45, 7) is -0.717. The molecule has 3 aromatic rings. The molecule has 38 heavy (non-hydrogen) atoms. The molecule has 0 aromatic heterocycles. The van der Waals surface area contributed by atoms with Crippen LogP contribution in [0.3, 0.4) is 0 Å². The number of carboxylic acids is 1. The number of carbonyl (C=O) groups excluding carboxylic acids is 1. The van der Waals surface area contributed by atoms with Crippen LogP contribution in [0.4, 0.5) is 5.69 Å². The lowest BCUT2D eigenvalue weighted by molar-refractivity contribution is -0.119. The zero-order valence-electron chi connectivity index (χ0n) is 20.5. The van der Waals surface area contributed by atoms with Crippen molar-refractivity contribution in [3.05, 3.63) is 76.8 Å². The van der Waals surface area contributed by atoms with Crippen LogP contribution in [0, 0.1) is 0 Å². The molecule has 3 aromatic carbocycles. The minimum atomic E-state index is -4.38. The Labute approximate surface area is 224 Å². The molecule has 0 radical (unpaired) electrons. The minimum Gasteiger partial charge on any atom is -0.495 e.